The van der Waals surface area contributed by atoms with E-state index < -0.39 is 16.1 Å². The fraction of sp³-hybridized carbons (Fsp3) is 0.333. The average molecular weight is 621 g/mol. The summed E-state index contributed by atoms with van der Waals surface area (Å²) in [7, 11) is -2.11. The van der Waals surface area contributed by atoms with Crippen LogP contribution in [0.15, 0.2) is 72.8 Å². The predicted molar refractivity (Wildman–Crippen MR) is 164 cm³/mol. The molecule has 3 aromatic rings. The van der Waals surface area contributed by atoms with Crippen LogP contribution in [0.2, 0.25) is 10.0 Å². The lowest BCUT2D eigenvalue weighted by molar-refractivity contribution is -0.141. The summed E-state index contributed by atoms with van der Waals surface area (Å²) in [6.07, 6.45) is 1.61. The minimum atomic E-state index is -3.63. The summed E-state index contributed by atoms with van der Waals surface area (Å²) in [5, 5.41) is 3.43. The first-order valence-corrected chi connectivity index (χ1v) is 15.8. The Morgan fingerprint density at radius 2 is 1.59 bits per heavy atom. The molecule has 0 aromatic heterocycles. The number of carbonyl (C=O) groups is 2. The molecule has 0 fully saturated rings. The SMILES string of the molecule is CCOc1ccc(N(CCCC(=O)N(Cc2c(Cl)cccc2Cl)[C@H](Cc2ccccc2)C(=O)NC)S(C)(=O)=O)cc1. The lowest BCUT2D eigenvalue weighted by atomic mass is 10.0. The third-order valence-electron chi connectivity index (χ3n) is 6.50. The lowest BCUT2D eigenvalue weighted by Gasteiger charge is -2.32. The molecule has 0 saturated carbocycles. The monoisotopic (exact) mass is 619 g/mol. The number of nitrogens with zero attached hydrogens (tertiary/aromatic N) is 2. The van der Waals surface area contributed by atoms with E-state index in [9.17, 15) is 18.0 Å². The molecule has 0 spiro atoms. The van der Waals surface area contributed by atoms with Gasteiger partial charge in [-0.3, -0.25) is 13.9 Å². The molecule has 3 rings (SSSR count). The predicted octanol–water partition coefficient (Wildman–Crippen LogP) is 5.32. The minimum absolute atomic E-state index is 0.00654. The average Bonchev–Trinajstić information content (AvgIpc) is 2.94. The summed E-state index contributed by atoms with van der Waals surface area (Å²) in [5.41, 5.74) is 1.87. The molecule has 8 nitrogen and oxygen atoms in total. The fourth-order valence-corrected chi connectivity index (χ4v) is 5.94. The van der Waals surface area contributed by atoms with Gasteiger partial charge in [0.25, 0.3) is 0 Å². The molecule has 41 heavy (non-hydrogen) atoms. The summed E-state index contributed by atoms with van der Waals surface area (Å²) in [6.45, 7) is 2.44. The van der Waals surface area contributed by atoms with Crippen LogP contribution < -0.4 is 14.4 Å². The van der Waals surface area contributed by atoms with Crippen LogP contribution in [0.5, 0.6) is 5.75 Å². The van der Waals surface area contributed by atoms with Gasteiger partial charge in [0, 0.05) is 48.6 Å². The van der Waals surface area contributed by atoms with Gasteiger partial charge in [-0.25, -0.2) is 8.42 Å². The number of carbonyl (C=O) groups excluding carboxylic acids is 2. The summed E-state index contributed by atoms with van der Waals surface area (Å²) in [4.78, 5) is 28.4. The fourth-order valence-electron chi connectivity index (χ4n) is 4.45. The zero-order valence-electron chi connectivity index (χ0n) is 23.3. The molecule has 11 heteroatoms. The molecule has 0 aliphatic carbocycles. The van der Waals surface area contributed by atoms with E-state index in [-0.39, 0.29) is 44.2 Å². The molecule has 2 amide bonds. The lowest BCUT2D eigenvalue weighted by Crippen LogP contribution is -2.50. The smallest absolute Gasteiger partial charge is 0.242 e. The number of rotatable bonds is 14. The van der Waals surface area contributed by atoms with Gasteiger partial charge in [0.2, 0.25) is 21.8 Å². The van der Waals surface area contributed by atoms with E-state index in [0.29, 0.717) is 33.7 Å². The molecular weight excluding hydrogens is 585 g/mol. The number of amides is 2. The maximum atomic E-state index is 13.8. The Balaban J connectivity index is 1.86. The van der Waals surface area contributed by atoms with Crippen molar-refractivity contribution in [3.8, 4) is 5.75 Å². The molecule has 1 atom stereocenters. The number of hydrogen-bond donors (Lipinski definition) is 1. The third kappa shape index (κ3) is 9.11. The zero-order valence-corrected chi connectivity index (χ0v) is 25.7. The van der Waals surface area contributed by atoms with Crippen molar-refractivity contribution in [2.45, 2.75) is 38.8 Å². The molecule has 220 valence electrons. The number of anilines is 1. The topological polar surface area (TPSA) is 96.0 Å². The molecule has 0 radical (unpaired) electrons. The van der Waals surface area contributed by atoms with Crippen LogP contribution in [0, 0.1) is 0 Å². The number of benzene rings is 3. The Hall–Kier alpha value is -3.27. The highest BCUT2D eigenvalue weighted by molar-refractivity contribution is 7.92. The number of hydrogen-bond acceptors (Lipinski definition) is 5. The van der Waals surface area contributed by atoms with Gasteiger partial charge in [-0.15, -0.1) is 0 Å². The van der Waals surface area contributed by atoms with Gasteiger partial charge in [-0.1, -0.05) is 59.6 Å². The first kappa shape index (κ1) is 32.2. The highest BCUT2D eigenvalue weighted by Crippen LogP contribution is 2.28. The van der Waals surface area contributed by atoms with Gasteiger partial charge in [0.15, 0.2) is 0 Å². The van der Waals surface area contributed by atoms with Crippen molar-refractivity contribution in [2.24, 2.45) is 0 Å². The van der Waals surface area contributed by atoms with Crippen molar-refractivity contribution in [3.05, 3.63) is 94.0 Å². The molecular formula is C30H35Cl2N3O5S. The Bertz CT molecular complexity index is 1400. The van der Waals surface area contributed by atoms with Crippen molar-refractivity contribution < 1.29 is 22.7 Å². The Morgan fingerprint density at radius 3 is 2.15 bits per heavy atom. The molecule has 0 unspecified atom stereocenters. The van der Waals surface area contributed by atoms with Crippen LogP contribution in [-0.4, -0.2) is 57.6 Å². The maximum absolute atomic E-state index is 13.8. The van der Waals surface area contributed by atoms with E-state index in [1.54, 1.807) is 42.5 Å². The second kappa shape index (κ2) is 15.1. The molecule has 0 heterocycles. The largest absolute Gasteiger partial charge is 0.494 e. The van der Waals surface area contributed by atoms with Gasteiger partial charge in [0.05, 0.1) is 18.6 Å². The van der Waals surface area contributed by atoms with E-state index in [2.05, 4.69) is 5.32 Å². The quantitative estimate of drug-likeness (QED) is 0.263. The highest BCUT2D eigenvalue weighted by Gasteiger charge is 2.31. The van der Waals surface area contributed by atoms with Crippen LogP contribution in [0.25, 0.3) is 0 Å². The van der Waals surface area contributed by atoms with Gasteiger partial charge in [-0.05, 0) is 55.3 Å². The number of likely N-dealkylation sites (N-methyl/N-ethyl adjacent to an activating group) is 1. The van der Waals surface area contributed by atoms with E-state index in [1.807, 2.05) is 37.3 Å². The molecule has 0 aliphatic heterocycles. The van der Waals surface area contributed by atoms with E-state index in [4.69, 9.17) is 27.9 Å². The van der Waals surface area contributed by atoms with Crippen molar-refractivity contribution in [3.63, 3.8) is 0 Å². The Morgan fingerprint density at radius 1 is 0.951 bits per heavy atom. The summed E-state index contributed by atoms with van der Waals surface area (Å²) in [6, 6.07) is 20.4. The highest BCUT2D eigenvalue weighted by atomic mass is 35.5. The van der Waals surface area contributed by atoms with E-state index in [1.165, 1.54) is 16.3 Å². The number of halogens is 2. The van der Waals surface area contributed by atoms with Gasteiger partial charge >= 0.3 is 0 Å². The minimum Gasteiger partial charge on any atom is -0.494 e. The van der Waals surface area contributed by atoms with Gasteiger partial charge in [0.1, 0.15) is 11.8 Å². The molecule has 0 bridgehead atoms. The summed E-state index contributed by atoms with van der Waals surface area (Å²) >= 11 is 12.9. The third-order valence-corrected chi connectivity index (χ3v) is 8.40. The van der Waals surface area contributed by atoms with Crippen molar-refractivity contribution in [1.82, 2.24) is 10.2 Å². The second-order valence-electron chi connectivity index (χ2n) is 9.41. The molecule has 0 aliphatic rings. The standard InChI is InChI=1S/C30H35Cl2N3O5S/c1-4-40-24-17-15-23(16-18-24)35(41(3,38)39)19-9-14-29(36)34(21-25-26(31)12-8-13-27(25)32)28(30(37)33-2)20-22-10-6-5-7-11-22/h5-8,10-13,15-18,28H,4,9,14,19-21H2,1-3H3,(H,33,37)/t28-/m1/s1. The van der Waals surface area contributed by atoms with Gasteiger partial charge in [-0.2, -0.15) is 0 Å². The van der Waals surface area contributed by atoms with E-state index >= 15 is 0 Å². The molecule has 0 saturated heterocycles. The Kier molecular flexibility index (Phi) is 11.9. The first-order valence-electron chi connectivity index (χ1n) is 13.2. The van der Waals surface area contributed by atoms with Crippen molar-refractivity contribution in [2.75, 3.05) is 30.8 Å². The normalized spacial score (nSPS) is 11.9. The molecule has 3 aromatic carbocycles. The van der Waals surface area contributed by atoms with Crippen LogP contribution in [-0.2, 0) is 32.6 Å². The van der Waals surface area contributed by atoms with Crippen LogP contribution in [0.4, 0.5) is 5.69 Å². The zero-order chi connectivity index (χ0) is 30.0. The van der Waals surface area contributed by atoms with Crippen molar-refractivity contribution in [1.29, 1.82) is 0 Å². The van der Waals surface area contributed by atoms with Crippen molar-refractivity contribution >= 4 is 50.7 Å². The first-order chi connectivity index (χ1) is 19.5. The van der Waals surface area contributed by atoms with E-state index in [0.717, 1.165) is 11.8 Å². The van der Waals surface area contributed by atoms with Crippen LogP contribution >= 0.6 is 23.2 Å². The number of nitrogens with one attached hydrogen (secondary N) is 1. The summed E-state index contributed by atoms with van der Waals surface area (Å²) in [5.74, 6) is -0.0318. The summed E-state index contributed by atoms with van der Waals surface area (Å²) < 4.78 is 32.0. The number of sulfonamides is 1. The van der Waals surface area contributed by atoms with Crippen LogP contribution in [0.1, 0.15) is 30.9 Å². The maximum Gasteiger partial charge on any atom is 0.242 e. The Labute approximate surface area is 252 Å². The van der Waals surface area contributed by atoms with Gasteiger partial charge < -0.3 is 15.0 Å². The van der Waals surface area contributed by atoms with Crippen LogP contribution in [0.3, 0.4) is 0 Å². The number of ether oxygens (including phenoxy) is 1. The molecule has 1 N–H and O–H groups in total. The second-order valence-corrected chi connectivity index (χ2v) is 12.1.